The summed E-state index contributed by atoms with van der Waals surface area (Å²) < 4.78 is 2.09. The number of aliphatic hydroxyl groups excluding tert-OH is 1. The molecule has 2 aromatic heterocycles. The van der Waals surface area contributed by atoms with Gasteiger partial charge in [-0.2, -0.15) is 17.0 Å². The average Bonchev–Trinajstić information content (AvgIpc) is 3.53. The van der Waals surface area contributed by atoms with E-state index >= 15 is 0 Å². The van der Waals surface area contributed by atoms with Crippen LogP contribution in [0, 0.1) is 11.3 Å². The molecule has 0 spiro atoms. The summed E-state index contributed by atoms with van der Waals surface area (Å²) in [6.07, 6.45) is 4.50. The number of benzene rings is 1. The topological polar surface area (TPSA) is 87.6 Å². The predicted molar refractivity (Wildman–Crippen MR) is 116 cm³/mol. The van der Waals surface area contributed by atoms with E-state index in [-0.39, 0.29) is 16.8 Å². The van der Waals surface area contributed by atoms with Gasteiger partial charge in [-0.25, -0.2) is 4.98 Å². The van der Waals surface area contributed by atoms with E-state index in [0.29, 0.717) is 5.69 Å². The Morgan fingerprint density at radius 2 is 2.00 bits per heavy atom. The number of aromatic nitrogens is 4. The van der Waals surface area contributed by atoms with Gasteiger partial charge < -0.3 is 9.67 Å². The van der Waals surface area contributed by atoms with Gasteiger partial charge in [0.25, 0.3) is 0 Å². The van der Waals surface area contributed by atoms with Crippen molar-refractivity contribution in [2.45, 2.75) is 42.9 Å². The van der Waals surface area contributed by atoms with Crippen molar-refractivity contribution in [2.75, 3.05) is 12.4 Å². The lowest BCUT2D eigenvalue weighted by Gasteiger charge is -2.23. The Balaban J connectivity index is 1.48. The first-order chi connectivity index (χ1) is 14.6. The molecular formula is C23H23N5OS. The Morgan fingerprint density at radius 3 is 2.70 bits per heavy atom. The number of hydrogen-bond acceptors (Lipinski definition) is 6. The van der Waals surface area contributed by atoms with E-state index in [2.05, 4.69) is 57.0 Å². The molecule has 0 saturated heterocycles. The van der Waals surface area contributed by atoms with Crippen molar-refractivity contribution in [3.8, 4) is 17.2 Å². The summed E-state index contributed by atoms with van der Waals surface area (Å²) >= 11 is 1.82. The lowest BCUT2D eigenvalue weighted by molar-refractivity contribution is 0.254. The zero-order valence-electron chi connectivity index (χ0n) is 16.9. The van der Waals surface area contributed by atoms with Crippen molar-refractivity contribution in [2.24, 2.45) is 0 Å². The van der Waals surface area contributed by atoms with E-state index in [1.807, 2.05) is 23.9 Å². The van der Waals surface area contributed by atoms with E-state index in [0.717, 1.165) is 54.3 Å². The minimum atomic E-state index is -0.195. The molecule has 1 aliphatic heterocycles. The van der Waals surface area contributed by atoms with Crippen LogP contribution in [0.3, 0.4) is 0 Å². The Morgan fingerprint density at radius 1 is 1.20 bits per heavy atom. The van der Waals surface area contributed by atoms with Gasteiger partial charge in [0.15, 0.2) is 0 Å². The molecule has 0 radical (unpaired) electrons. The number of pyridine rings is 1. The van der Waals surface area contributed by atoms with Gasteiger partial charge in [0, 0.05) is 35.2 Å². The second-order valence-electron chi connectivity index (χ2n) is 8.40. The van der Waals surface area contributed by atoms with Crippen molar-refractivity contribution in [1.29, 1.82) is 5.26 Å². The average molecular weight is 418 g/mol. The summed E-state index contributed by atoms with van der Waals surface area (Å²) in [5.41, 5.74) is 3.45. The molecule has 1 unspecified atom stereocenters. The highest BCUT2D eigenvalue weighted by molar-refractivity contribution is 8.00. The van der Waals surface area contributed by atoms with Crippen LogP contribution in [0.5, 0.6) is 0 Å². The number of rotatable bonds is 4. The smallest absolute Gasteiger partial charge is 0.148 e. The van der Waals surface area contributed by atoms with Crippen molar-refractivity contribution < 1.29 is 5.11 Å². The van der Waals surface area contributed by atoms with Gasteiger partial charge in [-0.1, -0.05) is 24.3 Å². The molecule has 2 aliphatic rings. The maximum Gasteiger partial charge on any atom is 0.148 e. The fourth-order valence-corrected chi connectivity index (χ4v) is 5.48. The van der Waals surface area contributed by atoms with Gasteiger partial charge in [0.1, 0.15) is 23.4 Å². The zero-order chi connectivity index (χ0) is 20.8. The first kappa shape index (κ1) is 19.3. The van der Waals surface area contributed by atoms with Crippen LogP contribution in [-0.2, 0) is 18.4 Å². The molecule has 3 aromatic rings. The van der Waals surface area contributed by atoms with E-state index < -0.39 is 0 Å². The molecule has 1 saturated carbocycles. The van der Waals surface area contributed by atoms with Crippen LogP contribution in [0.15, 0.2) is 42.6 Å². The molecular weight excluding hydrogens is 394 g/mol. The number of nitrogens with zero attached hydrogens (tertiary/aromatic N) is 5. The predicted octanol–water partition coefficient (Wildman–Crippen LogP) is 3.33. The first-order valence-electron chi connectivity index (χ1n) is 10.2. The third-order valence-electron chi connectivity index (χ3n) is 6.30. The highest BCUT2D eigenvalue weighted by Gasteiger charge is 2.50. The Hall–Kier alpha value is -2.69. The van der Waals surface area contributed by atoms with Crippen molar-refractivity contribution >= 4 is 11.8 Å². The number of fused-ring (bicyclic) bond motifs is 1. The normalized spacial score (nSPS) is 22.0. The quantitative estimate of drug-likeness (QED) is 0.701. The van der Waals surface area contributed by atoms with Gasteiger partial charge in [0.05, 0.1) is 12.0 Å². The summed E-state index contributed by atoms with van der Waals surface area (Å²) in [7, 11) is 0. The van der Waals surface area contributed by atoms with Crippen LogP contribution in [0.4, 0.5) is 0 Å². The summed E-state index contributed by atoms with van der Waals surface area (Å²) in [4.78, 5) is 4.17. The van der Waals surface area contributed by atoms with Crippen molar-refractivity contribution in [3.05, 3.63) is 65.5 Å². The fourth-order valence-electron chi connectivity index (χ4n) is 4.39. The Kier molecular flexibility index (Phi) is 4.64. The molecule has 1 N–H and O–H groups in total. The monoisotopic (exact) mass is 417 g/mol. The minimum absolute atomic E-state index is 0.0819. The minimum Gasteiger partial charge on any atom is -0.395 e. The molecule has 6 nitrogen and oxygen atoms in total. The maximum absolute atomic E-state index is 9.81. The van der Waals surface area contributed by atoms with Crippen LogP contribution in [-0.4, -0.2) is 42.0 Å². The molecule has 1 aromatic carbocycles. The third-order valence-corrected chi connectivity index (χ3v) is 7.66. The lowest BCUT2D eigenvalue weighted by atomic mass is 9.92. The molecule has 30 heavy (non-hydrogen) atoms. The van der Waals surface area contributed by atoms with Gasteiger partial charge in [-0.3, -0.25) is 0 Å². The molecule has 1 fully saturated rings. The van der Waals surface area contributed by atoms with Crippen molar-refractivity contribution in [3.63, 3.8) is 0 Å². The second-order valence-corrected chi connectivity index (χ2v) is 10.1. The molecule has 1 aliphatic carbocycles. The molecule has 152 valence electrons. The maximum atomic E-state index is 9.81. The van der Waals surface area contributed by atoms with Crippen LogP contribution in [0.2, 0.25) is 0 Å². The number of aliphatic hydroxyl groups is 1. The van der Waals surface area contributed by atoms with Gasteiger partial charge in [0.2, 0.25) is 0 Å². The summed E-state index contributed by atoms with van der Waals surface area (Å²) in [6, 6.07) is 14.4. The number of nitriles is 1. The summed E-state index contributed by atoms with van der Waals surface area (Å²) in [5.74, 6) is 2.97. The third kappa shape index (κ3) is 3.11. The van der Waals surface area contributed by atoms with Crippen molar-refractivity contribution in [1.82, 2.24) is 19.7 Å². The van der Waals surface area contributed by atoms with E-state index in [4.69, 9.17) is 0 Å². The summed E-state index contributed by atoms with van der Waals surface area (Å²) in [6.45, 7) is 3.12. The SMILES string of the molecule is CC1(CO)Cc2nnc(C3(c4ccc(-c5cccnc5C#N)cc4)CC3)n2CCS1. The van der Waals surface area contributed by atoms with Crippen LogP contribution >= 0.6 is 11.8 Å². The van der Waals surface area contributed by atoms with Crippen LogP contribution in [0.1, 0.15) is 42.7 Å². The molecule has 0 amide bonds. The second kappa shape index (κ2) is 7.22. The Bertz CT molecular complexity index is 1130. The number of hydrogen-bond donors (Lipinski definition) is 1. The van der Waals surface area contributed by atoms with E-state index in [1.54, 1.807) is 6.20 Å². The van der Waals surface area contributed by atoms with Gasteiger partial charge in [-0.05, 0) is 43.0 Å². The van der Waals surface area contributed by atoms with E-state index in [1.165, 1.54) is 5.56 Å². The standard InChI is InChI=1S/C23H23N5OS/c1-22(15-29)13-20-26-27-21(28(20)11-12-30-22)23(8-9-23)17-6-4-16(5-7-17)18-3-2-10-25-19(18)14-24/h2-7,10,29H,8-9,11-13,15H2,1H3. The van der Waals surface area contributed by atoms with E-state index in [9.17, 15) is 10.4 Å². The van der Waals surface area contributed by atoms with Gasteiger partial charge >= 0.3 is 0 Å². The van der Waals surface area contributed by atoms with Crippen LogP contribution in [0.25, 0.3) is 11.1 Å². The van der Waals surface area contributed by atoms with Crippen LogP contribution < -0.4 is 0 Å². The molecule has 3 heterocycles. The van der Waals surface area contributed by atoms with Gasteiger partial charge in [-0.15, -0.1) is 10.2 Å². The Labute approximate surface area is 180 Å². The lowest BCUT2D eigenvalue weighted by Crippen LogP contribution is -2.28. The first-order valence-corrected chi connectivity index (χ1v) is 11.2. The molecule has 7 heteroatoms. The zero-order valence-corrected chi connectivity index (χ0v) is 17.7. The molecule has 1 atom stereocenters. The fraction of sp³-hybridized carbons (Fsp3) is 0.391. The molecule has 0 bridgehead atoms. The molecule has 5 rings (SSSR count). The summed E-state index contributed by atoms with van der Waals surface area (Å²) in [5, 5.41) is 28.3. The highest BCUT2D eigenvalue weighted by Crippen LogP contribution is 2.53. The highest BCUT2D eigenvalue weighted by atomic mass is 32.2. The largest absolute Gasteiger partial charge is 0.395 e. The number of thioether (sulfide) groups is 1.